The molecule has 0 aliphatic carbocycles. The van der Waals surface area contributed by atoms with Crippen molar-refractivity contribution in [3.63, 3.8) is 0 Å². The van der Waals surface area contributed by atoms with Gasteiger partial charge >= 0.3 is 5.97 Å². The molecule has 1 aromatic heterocycles. The zero-order valence-corrected chi connectivity index (χ0v) is 11.7. The fraction of sp³-hybridized carbons (Fsp3) is 0.571. The molecule has 0 aromatic carbocycles. The van der Waals surface area contributed by atoms with E-state index in [0.717, 1.165) is 36.1 Å². The van der Waals surface area contributed by atoms with Crippen LogP contribution in [0.4, 0.5) is 0 Å². The van der Waals surface area contributed by atoms with Gasteiger partial charge in [0.2, 0.25) is 5.88 Å². The van der Waals surface area contributed by atoms with Crippen molar-refractivity contribution in [3.05, 3.63) is 17.3 Å². The average Bonchev–Trinajstić information content (AvgIpc) is 2.36. The Balaban J connectivity index is 2.67. The number of aliphatic hydroxyl groups is 1. The normalized spacial score (nSPS) is 10.3. The second-order valence-electron chi connectivity index (χ2n) is 4.43. The summed E-state index contributed by atoms with van der Waals surface area (Å²) in [5.74, 6) is 0.618. The van der Waals surface area contributed by atoms with Crippen molar-refractivity contribution in [1.29, 1.82) is 0 Å². The first-order valence-electron chi connectivity index (χ1n) is 6.44. The third-order valence-corrected chi connectivity index (χ3v) is 2.68. The SMILES string of the molecule is CC(=O)Oc1ncc(C)c(OCCCCCO)c1C. The molecule has 0 atom stereocenters. The third kappa shape index (κ3) is 4.87. The van der Waals surface area contributed by atoms with Crippen LogP contribution >= 0.6 is 0 Å². The number of aromatic nitrogens is 1. The summed E-state index contributed by atoms with van der Waals surface area (Å²) in [4.78, 5) is 15.0. The summed E-state index contributed by atoms with van der Waals surface area (Å²) in [6.07, 6.45) is 4.23. The van der Waals surface area contributed by atoms with Gasteiger partial charge in [0.05, 0.1) is 12.2 Å². The predicted molar refractivity (Wildman–Crippen MR) is 71.5 cm³/mol. The topological polar surface area (TPSA) is 68.7 Å². The van der Waals surface area contributed by atoms with E-state index in [1.165, 1.54) is 6.92 Å². The third-order valence-electron chi connectivity index (χ3n) is 2.68. The van der Waals surface area contributed by atoms with Crippen LogP contribution in [0.15, 0.2) is 6.20 Å². The molecule has 0 aliphatic rings. The maximum Gasteiger partial charge on any atom is 0.309 e. The van der Waals surface area contributed by atoms with Gasteiger partial charge in [0.1, 0.15) is 5.75 Å². The lowest BCUT2D eigenvalue weighted by Gasteiger charge is -2.13. The van der Waals surface area contributed by atoms with Crippen molar-refractivity contribution in [2.24, 2.45) is 0 Å². The van der Waals surface area contributed by atoms with Crippen molar-refractivity contribution in [2.75, 3.05) is 13.2 Å². The molecule has 0 saturated heterocycles. The lowest BCUT2D eigenvalue weighted by Crippen LogP contribution is -2.07. The minimum absolute atomic E-state index is 0.212. The molecular weight excluding hydrogens is 246 g/mol. The van der Waals surface area contributed by atoms with Gasteiger partial charge in [-0.15, -0.1) is 0 Å². The van der Waals surface area contributed by atoms with E-state index in [1.807, 2.05) is 13.8 Å². The van der Waals surface area contributed by atoms with E-state index in [-0.39, 0.29) is 6.61 Å². The van der Waals surface area contributed by atoms with Gasteiger partial charge in [-0.25, -0.2) is 4.98 Å². The Morgan fingerprint density at radius 3 is 2.68 bits per heavy atom. The zero-order valence-electron chi connectivity index (χ0n) is 11.7. The Morgan fingerprint density at radius 2 is 2.05 bits per heavy atom. The fourth-order valence-corrected chi connectivity index (χ4v) is 1.73. The molecule has 0 radical (unpaired) electrons. The van der Waals surface area contributed by atoms with E-state index in [1.54, 1.807) is 6.20 Å². The number of hydrogen-bond donors (Lipinski definition) is 1. The summed E-state index contributed by atoms with van der Waals surface area (Å²) in [6.45, 7) is 5.85. The Bertz CT molecular complexity index is 432. The van der Waals surface area contributed by atoms with Crippen LogP contribution < -0.4 is 9.47 Å². The van der Waals surface area contributed by atoms with Crippen LogP contribution in [0.3, 0.4) is 0 Å². The number of rotatable bonds is 7. The summed E-state index contributed by atoms with van der Waals surface area (Å²) in [5.41, 5.74) is 1.65. The quantitative estimate of drug-likeness (QED) is 0.605. The Kier molecular flexibility index (Phi) is 6.29. The van der Waals surface area contributed by atoms with Crippen LogP contribution in [0.5, 0.6) is 11.6 Å². The van der Waals surface area contributed by atoms with Crippen LogP contribution in [0, 0.1) is 13.8 Å². The molecule has 0 aliphatic heterocycles. The van der Waals surface area contributed by atoms with Gasteiger partial charge in [-0.05, 0) is 33.1 Å². The maximum atomic E-state index is 11.0. The molecule has 0 amide bonds. The predicted octanol–water partition coefficient (Wildman–Crippen LogP) is 2.17. The lowest BCUT2D eigenvalue weighted by molar-refractivity contribution is -0.132. The van der Waals surface area contributed by atoms with E-state index in [2.05, 4.69) is 4.98 Å². The number of esters is 1. The number of carbonyl (C=O) groups is 1. The molecule has 1 aromatic rings. The van der Waals surface area contributed by atoms with Gasteiger partial charge in [-0.1, -0.05) is 0 Å². The molecule has 5 heteroatoms. The number of aliphatic hydroxyl groups excluding tert-OH is 1. The van der Waals surface area contributed by atoms with Crippen LogP contribution in [-0.4, -0.2) is 29.3 Å². The van der Waals surface area contributed by atoms with E-state index in [4.69, 9.17) is 14.6 Å². The molecule has 0 spiro atoms. The van der Waals surface area contributed by atoms with Crippen molar-refractivity contribution in [2.45, 2.75) is 40.0 Å². The molecule has 0 saturated carbocycles. The van der Waals surface area contributed by atoms with Gasteiger partial charge in [0.25, 0.3) is 0 Å². The zero-order chi connectivity index (χ0) is 14.3. The van der Waals surface area contributed by atoms with Crippen LogP contribution in [-0.2, 0) is 4.79 Å². The first kappa shape index (κ1) is 15.4. The summed E-state index contributed by atoms with van der Waals surface area (Å²) in [5, 5.41) is 8.69. The molecule has 0 unspecified atom stereocenters. The van der Waals surface area contributed by atoms with Crippen molar-refractivity contribution >= 4 is 5.97 Å². The second kappa shape index (κ2) is 7.74. The fourth-order valence-electron chi connectivity index (χ4n) is 1.73. The van der Waals surface area contributed by atoms with E-state index < -0.39 is 5.97 Å². The standard InChI is InChI=1S/C14H21NO4/c1-10-9-15-14(19-12(3)17)11(2)13(10)18-8-6-4-5-7-16/h9,16H,4-8H2,1-3H3. The summed E-state index contributed by atoms with van der Waals surface area (Å²) >= 11 is 0. The number of pyridine rings is 1. The molecule has 106 valence electrons. The Morgan fingerprint density at radius 1 is 1.32 bits per heavy atom. The van der Waals surface area contributed by atoms with Gasteiger partial charge in [-0.3, -0.25) is 4.79 Å². The van der Waals surface area contributed by atoms with E-state index in [0.29, 0.717) is 12.5 Å². The van der Waals surface area contributed by atoms with Crippen LogP contribution in [0.25, 0.3) is 0 Å². The number of unbranched alkanes of at least 4 members (excludes halogenated alkanes) is 2. The molecule has 5 nitrogen and oxygen atoms in total. The van der Waals surface area contributed by atoms with Gasteiger partial charge in [-0.2, -0.15) is 0 Å². The number of hydrogen-bond acceptors (Lipinski definition) is 5. The van der Waals surface area contributed by atoms with Crippen LogP contribution in [0.1, 0.15) is 37.3 Å². The Hall–Kier alpha value is -1.62. The summed E-state index contributed by atoms with van der Waals surface area (Å²) in [7, 11) is 0. The minimum atomic E-state index is -0.395. The van der Waals surface area contributed by atoms with Crippen molar-refractivity contribution in [1.82, 2.24) is 4.98 Å². The smallest absolute Gasteiger partial charge is 0.309 e. The van der Waals surface area contributed by atoms with Gasteiger partial charge < -0.3 is 14.6 Å². The number of carbonyl (C=O) groups excluding carboxylic acids is 1. The highest BCUT2D eigenvalue weighted by molar-refractivity contribution is 5.69. The highest BCUT2D eigenvalue weighted by atomic mass is 16.5. The highest BCUT2D eigenvalue weighted by Crippen LogP contribution is 2.29. The first-order valence-corrected chi connectivity index (χ1v) is 6.44. The first-order chi connectivity index (χ1) is 9.06. The lowest BCUT2D eigenvalue weighted by atomic mass is 10.2. The maximum absolute atomic E-state index is 11.0. The summed E-state index contributed by atoms with van der Waals surface area (Å²) < 4.78 is 10.7. The molecule has 0 bridgehead atoms. The molecule has 1 N–H and O–H groups in total. The molecule has 19 heavy (non-hydrogen) atoms. The number of nitrogens with zero attached hydrogens (tertiary/aromatic N) is 1. The number of ether oxygens (including phenoxy) is 2. The van der Waals surface area contributed by atoms with Crippen LogP contribution in [0.2, 0.25) is 0 Å². The largest absolute Gasteiger partial charge is 0.493 e. The van der Waals surface area contributed by atoms with Crippen molar-refractivity contribution in [3.8, 4) is 11.6 Å². The minimum Gasteiger partial charge on any atom is -0.493 e. The van der Waals surface area contributed by atoms with Gasteiger partial charge in [0, 0.05) is 25.3 Å². The molecular formula is C14H21NO4. The van der Waals surface area contributed by atoms with E-state index >= 15 is 0 Å². The monoisotopic (exact) mass is 267 g/mol. The Labute approximate surface area is 113 Å². The van der Waals surface area contributed by atoms with Gasteiger partial charge in [0.15, 0.2) is 0 Å². The highest BCUT2D eigenvalue weighted by Gasteiger charge is 2.12. The van der Waals surface area contributed by atoms with Crippen molar-refractivity contribution < 1.29 is 19.4 Å². The second-order valence-corrected chi connectivity index (χ2v) is 4.43. The molecule has 0 fully saturated rings. The van der Waals surface area contributed by atoms with E-state index in [9.17, 15) is 4.79 Å². The number of aryl methyl sites for hydroxylation is 1. The average molecular weight is 267 g/mol. The summed E-state index contributed by atoms with van der Waals surface area (Å²) in [6, 6.07) is 0. The molecule has 1 heterocycles. The molecule has 1 rings (SSSR count).